The molecule has 1 heterocycles. The monoisotopic (exact) mass is 245 g/mol. The number of ether oxygens (including phenoxy) is 1. The van der Waals surface area contributed by atoms with Gasteiger partial charge < -0.3 is 15.5 Å². The highest BCUT2D eigenvalue weighted by Crippen LogP contribution is 2.29. The Labute approximate surface area is 102 Å². The van der Waals surface area contributed by atoms with E-state index in [1.807, 2.05) is 0 Å². The lowest BCUT2D eigenvalue weighted by Crippen LogP contribution is -2.02. The number of methoxy groups -OCH3 is 1. The van der Waals surface area contributed by atoms with Crippen LogP contribution >= 0.6 is 0 Å². The lowest BCUT2D eigenvalue weighted by atomic mass is 10.2. The molecule has 0 amide bonds. The SMILES string of the molecule is COc1cc(N)cc2[nH]c(C(=O)CN=[N+]=[N-])cc12. The van der Waals surface area contributed by atoms with Crippen LogP contribution in [0.15, 0.2) is 23.3 Å². The maximum atomic E-state index is 11.7. The van der Waals surface area contributed by atoms with Crippen molar-refractivity contribution >= 4 is 22.4 Å². The first kappa shape index (κ1) is 11.8. The van der Waals surface area contributed by atoms with E-state index in [1.54, 1.807) is 18.2 Å². The summed E-state index contributed by atoms with van der Waals surface area (Å²) >= 11 is 0. The Kier molecular flexibility index (Phi) is 3.07. The van der Waals surface area contributed by atoms with Crippen molar-refractivity contribution < 1.29 is 9.53 Å². The molecule has 1 aromatic carbocycles. The number of rotatable bonds is 4. The van der Waals surface area contributed by atoms with Gasteiger partial charge >= 0.3 is 0 Å². The molecule has 92 valence electrons. The molecule has 0 saturated carbocycles. The average Bonchev–Trinajstić information content (AvgIpc) is 2.78. The number of Topliss-reactive ketones (excluding diaryl/α,β-unsaturated/α-hetero) is 1. The van der Waals surface area contributed by atoms with Gasteiger partial charge in [0.2, 0.25) is 0 Å². The highest BCUT2D eigenvalue weighted by Gasteiger charge is 2.12. The number of ketones is 1. The first-order valence-corrected chi connectivity index (χ1v) is 5.16. The Bertz CT molecular complexity index is 655. The molecule has 7 heteroatoms. The molecule has 0 aliphatic rings. The molecule has 2 aromatic rings. The predicted molar refractivity (Wildman–Crippen MR) is 67.6 cm³/mol. The molecule has 18 heavy (non-hydrogen) atoms. The minimum Gasteiger partial charge on any atom is -0.496 e. The van der Waals surface area contributed by atoms with Gasteiger partial charge in [-0.3, -0.25) is 4.79 Å². The summed E-state index contributed by atoms with van der Waals surface area (Å²) in [5.74, 6) is 0.300. The second-order valence-electron chi connectivity index (χ2n) is 3.68. The van der Waals surface area contributed by atoms with Crippen LogP contribution in [-0.2, 0) is 0 Å². The number of nitrogens with one attached hydrogen (secondary N) is 1. The third-order valence-corrected chi connectivity index (χ3v) is 2.52. The van der Waals surface area contributed by atoms with Crippen LogP contribution in [0.4, 0.5) is 5.69 Å². The summed E-state index contributed by atoms with van der Waals surface area (Å²) in [7, 11) is 1.53. The molecule has 1 aromatic heterocycles. The molecule has 0 radical (unpaired) electrons. The second kappa shape index (κ2) is 4.68. The molecule has 0 aliphatic heterocycles. The number of aromatic nitrogens is 1. The zero-order chi connectivity index (χ0) is 13.1. The van der Waals surface area contributed by atoms with Gasteiger partial charge in [0.05, 0.1) is 24.9 Å². The van der Waals surface area contributed by atoms with Crippen LogP contribution in [0.3, 0.4) is 0 Å². The van der Waals surface area contributed by atoms with Crippen LogP contribution in [0.5, 0.6) is 5.75 Å². The van der Waals surface area contributed by atoms with Crippen molar-refractivity contribution in [1.29, 1.82) is 0 Å². The zero-order valence-electron chi connectivity index (χ0n) is 9.67. The molecule has 3 N–H and O–H groups in total. The fourth-order valence-corrected chi connectivity index (χ4v) is 1.73. The number of nitrogens with zero attached hydrogens (tertiary/aromatic N) is 3. The molecule has 0 aliphatic carbocycles. The van der Waals surface area contributed by atoms with Gasteiger partial charge in [0, 0.05) is 22.1 Å². The van der Waals surface area contributed by atoms with Crippen molar-refractivity contribution in [2.45, 2.75) is 0 Å². The molecular weight excluding hydrogens is 234 g/mol. The highest BCUT2D eigenvalue weighted by atomic mass is 16.5. The zero-order valence-corrected chi connectivity index (χ0v) is 9.67. The van der Waals surface area contributed by atoms with Crippen molar-refractivity contribution in [3.05, 3.63) is 34.3 Å². The van der Waals surface area contributed by atoms with Crippen molar-refractivity contribution in [1.82, 2.24) is 4.98 Å². The van der Waals surface area contributed by atoms with Gasteiger partial charge in [0.15, 0.2) is 5.78 Å². The van der Waals surface area contributed by atoms with Crippen LogP contribution in [0.25, 0.3) is 21.3 Å². The molecular formula is C11H11N5O2. The van der Waals surface area contributed by atoms with E-state index in [0.29, 0.717) is 22.6 Å². The third-order valence-electron chi connectivity index (χ3n) is 2.52. The number of fused-ring (bicyclic) bond motifs is 1. The number of aromatic amines is 1. The van der Waals surface area contributed by atoms with Gasteiger partial charge in [0.1, 0.15) is 5.75 Å². The Morgan fingerprint density at radius 1 is 1.56 bits per heavy atom. The maximum absolute atomic E-state index is 11.7. The van der Waals surface area contributed by atoms with Crippen LogP contribution < -0.4 is 10.5 Å². The lowest BCUT2D eigenvalue weighted by molar-refractivity contribution is 0.0997. The number of anilines is 1. The fraction of sp³-hybridized carbons (Fsp3) is 0.182. The molecule has 2 rings (SSSR count). The van der Waals surface area contributed by atoms with Gasteiger partial charge in [-0.15, -0.1) is 0 Å². The Morgan fingerprint density at radius 3 is 3.00 bits per heavy atom. The van der Waals surface area contributed by atoms with E-state index in [0.717, 1.165) is 5.39 Å². The topological polar surface area (TPSA) is 117 Å². The van der Waals surface area contributed by atoms with Crippen LogP contribution in [0, 0.1) is 0 Å². The van der Waals surface area contributed by atoms with E-state index in [2.05, 4.69) is 15.0 Å². The van der Waals surface area contributed by atoms with Gasteiger partial charge in [-0.2, -0.15) is 0 Å². The Hall–Kier alpha value is -2.66. The van der Waals surface area contributed by atoms with Crippen LogP contribution in [0.2, 0.25) is 0 Å². The van der Waals surface area contributed by atoms with E-state index < -0.39 is 0 Å². The number of nitrogens with two attached hydrogens (primary N) is 1. The smallest absolute Gasteiger partial charge is 0.184 e. The second-order valence-corrected chi connectivity index (χ2v) is 3.68. The Balaban J connectivity index is 2.49. The molecule has 7 nitrogen and oxygen atoms in total. The molecule has 0 bridgehead atoms. The number of hydrogen-bond acceptors (Lipinski definition) is 4. The normalized spacial score (nSPS) is 10.1. The number of carbonyl (C=O) groups is 1. The third kappa shape index (κ3) is 2.07. The van der Waals surface area contributed by atoms with E-state index in [4.69, 9.17) is 16.0 Å². The Morgan fingerprint density at radius 2 is 2.33 bits per heavy atom. The molecule has 0 saturated heterocycles. The largest absolute Gasteiger partial charge is 0.496 e. The van der Waals surface area contributed by atoms with Crippen molar-refractivity contribution in [3.63, 3.8) is 0 Å². The van der Waals surface area contributed by atoms with Gasteiger partial charge in [-0.25, -0.2) is 0 Å². The van der Waals surface area contributed by atoms with Crippen LogP contribution in [-0.4, -0.2) is 24.4 Å². The van der Waals surface area contributed by atoms with Gasteiger partial charge in [0.25, 0.3) is 0 Å². The first-order chi connectivity index (χ1) is 8.65. The number of nitrogen functional groups attached to an aromatic ring is 1. The maximum Gasteiger partial charge on any atom is 0.184 e. The molecule has 0 atom stereocenters. The highest BCUT2D eigenvalue weighted by molar-refractivity contribution is 6.02. The summed E-state index contributed by atoms with van der Waals surface area (Å²) in [5.41, 5.74) is 15.5. The van der Waals surface area contributed by atoms with Crippen LogP contribution in [0.1, 0.15) is 10.5 Å². The minimum atomic E-state index is -0.287. The lowest BCUT2D eigenvalue weighted by Gasteiger charge is -2.02. The summed E-state index contributed by atoms with van der Waals surface area (Å²) in [6.07, 6.45) is 0. The fourth-order valence-electron chi connectivity index (χ4n) is 1.73. The minimum absolute atomic E-state index is 0.221. The number of H-pyrrole nitrogens is 1. The van der Waals surface area contributed by atoms with E-state index in [9.17, 15) is 4.79 Å². The van der Waals surface area contributed by atoms with Crippen molar-refractivity contribution in [2.75, 3.05) is 19.4 Å². The van der Waals surface area contributed by atoms with Crippen molar-refractivity contribution in [2.24, 2.45) is 5.11 Å². The summed E-state index contributed by atoms with van der Waals surface area (Å²) in [4.78, 5) is 17.2. The van der Waals surface area contributed by atoms with E-state index >= 15 is 0 Å². The summed E-state index contributed by atoms with van der Waals surface area (Å²) in [6, 6.07) is 5.04. The average molecular weight is 245 g/mol. The molecule has 0 unspecified atom stereocenters. The number of azide groups is 1. The number of hydrogen-bond donors (Lipinski definition) is 2. The van der Waals surface area contributed by atoms with Gasteiger partial charge in [-0.1, -0.05) is 5.11 Å². The number of benzene rings is 1. The summed E-state index contributed by atoms with van der Waals surface area (Å²) in [5, 5.41) is 3.99. The summed E-state index contributed by atoms with van der Waals surface area (Å²) in [6.45, 7) is -0.221. The van der Waals surface area contributed by atoms with Crippen molar-refractivity contribution in [3.8, 4) is 5.75 Å². The molecule has 0 fully saturated rings. The molecule has 0 spiro atoms. The van der Waals surface area contributed by atoms with E-state index in [1.165, 1.54) is 7.11 Å². The number of carbonyl (C=O) groups excluding carboxylic acids is 1. The first-order valence-electron chi connectivity index (χ1n) is 5.16. The standard InChI is InChI=1S/C11H11N5O2/c1-18-11-3-6(12)2-8-7(11)4-9(15-8)10(17)5-14-16-13/h2-4,15H,5,12H2,1H3. The van der Waals surface area contributed by atoms with E-state index in [-0.39, 0.29) is 12.3 Å². The predicted octanol–water partition coefficient (Wildman–Crippen LogP) is 2.25. The summed E-state index contributed by atoms with van der Waals surface area (Å²) < 4.78 is 5.19. The van der Waals surface area contributed by atoms with Gasteiger partial charge in [-0.05, 0) is 17.7 Å². The quantitative estimate of drug-likeness (QED) is 0.283.